The summed E-state index contributed by atoms with van der Waals surface area (Å²) >= 11 is 0. The Balaban J connectivity index is 2.48. The van der Waals surface area contributed by atoms with Crippen LogP contribution in [-0.4, -0.2) is 9.55 Å². The number of aromatic nitrogens is 2. The molecule has 5 heteroatoms. The van der Waals surface area contributed by atoms with E-state index < -0.39 is 11.6 Å². The van der Waals surface area contributed by atoms with Crippen LogP contribution < -0.4 is 5.73 Å². The first-order valence-electron chi connectivity index (χ1n) is 4.39. The molecule has 0 saturated heterocycles. The molecule has 0 aliphatic carbocycles. The normalized spacial score (nSPS) is 10.6. The Bertz CT molecular complexity index is 479. The van der Waals surface area contributed by atoms with Gasteiger partial charge in [-0.05, 0) is 12.1 Å². The summed E-state index contributed by atoms with van der Waals surface area (Å²) in [7, 11) is 0. The third-order valence-corrected chi connectivity index (χ3v) is 2.03. The zero-order valence-corrected chi connectivity index (χ0v) is 7.82. The summed E-state index contributed by atoms with van der Waals surface area (Å²) in [6, 6.07) is 3.25. The van der Waals surface area contributed by atoms with Crippen LogP contribution in [0, 0.1) is 11.6 Å². The Kier molecular flexibility index (Phi) is 2.47. The molecular weight excluding hydrogens is 200 g/mol. The van der Waals surface area contributed by atoms with Crippen LogP contribution in [0.25, 0.3) is 5.69 Å². The van der Waals surface area contributed by atoms with Crippen LogP contribution in [0.2, 0.25) is 0 Å². The maximum absolute atomic E-state index is 13.3. The minimum Gasteiger partial charge on any atom is -0.325 e. The van der Waals surface area contributed by atoms with Gasteiger partial charge in [0, 0.05) is 18.8 Å². The van der Waals surface area contributed by atoms with E-state index in [0.29, 0.717) is 5.69 Å². The van der Waals surface area contributed by atoms with Crippen molar-refractivity contribution in [3.63, 3.8) is 0 Å². The zero-order chi connectivity index (χ0) is 10.8. The van der Waals surface area contributed by atoms with Gasteiger partial charge < -0.3 is 10.3 Å². The summed E-state index contributed by atoms with van der Waals surface area (Å²) in [6.45, 7) is 0.268. The first kappa shape index (κ1) is 9.79. The first-order chi connectivity index (χ1) is 7.20. The highest BCUT2D eigenvalue weighted by atomic mass is 19.1. The van der Waals surface area contributed by atoms with E-state index in [1.165, 1.54) is 10.9 Å². The van der Waals surface area contributed by atoms with E-state index in [4.69, 9.17) is 5.73 Å². The Morgan fingerprint density at radius 2 is 2.13 bits per heavy atom. The lowest BCUT2D eigenvalue weighted by Crippen LogP contribution is -1.97. The molecule has 0 amide bonds. The molecule has 3 nitrogen and oxygen atoms in total. The number of nitrogens with zero attached hydrogens (tertiary/aromatic N) is 2. The standard InChI is InChI=1S/C10H9F2N3/c11-7-1-2-9(12)10(3-7)15-5-8(4-13)14-6-15/h1-3,5-6H,4,13H2. The molecule has 78 valence electrons. The van der Waals surface area contributed by atoms with E-state index >= 15 is 0 Å². The number of hydrogen-bond acceptors (Lipinski definition) is 2. The molecule has 1 aromatic heterocycles. The SMILES string of the molecule is NCc1cn(-c2cc(F)ccc2F)cn1. The van der Waals surface area contributed by atoms with E-state index in [9.17, 15) is 8.78 Å². The average Bonchev–Trinajstić information content (AvgIpc) is 2.70. The monoisotopic (exact) mass is 209 g/mol. The van der Waals surface area contributed by atoms with E-state index in [1.54, 1.807) is 6.20 Å². The van der Waals surface area contributed by atoms with Crippen molar-refractivity contribution >= 4 is 0 Å². The van der Waals surface area contributed by atoms with Gasteiger partial charge in [-0.25, -0.2) is 13.8 Å². The molecule has 0 atom stereocenters. The first-order valence-corrected chi connectivity index (χ1v) is 4.39. The van der Waals surface area contributed by atoms with Crippen LogP contribution in [0.4, 0.5) is 8.78 Å². The fourth-order valence-corrected chi connectivity index (χ4v) is 1.28. The molecular formula is C10H9F2N3. The number of hydrogen-bond donors (Lipinski definition) is 1. The summed E-state index contributed by atoms with van der Waals surface area (Å²) < 4.78 is 27.6. The largest absolute Gasteiger partial charge is 0.325 e. The van der Waals surface area contributed by atoms with Crippen LogP contribution in [0.5, 0.6) is 0 Å². The van der Waals surface area contributed by atoms with Gasteiger partial charge in [0.2, 0.25) is 0 Å². The molecule has 0 aliphatic rings. The lowest BCUT2D eigenvalue weighted by molar-refractivity contribution is 0.592. The van der Waals surface area contributed by atoms with Crippen molar-refractivity contribution in [1.82, 2.24) is 9.55 Å². The smallest absolute Gasteiger partial charge is 0.147 e. The third-order valence-electron chi connectivity index (χ3n) is 2.03. The average molecular weight is 209 g/mol. The molecule has 15 heavy (non-hydrogen) atoms. The Hall–Kier alpha value is -1.75. The quantitative estimate of drug-likeness (QED) is 0.816. The van der Waals surface area contributed by atoms with Gasteiger partial charge in [-0.1, -0.05) is 0 Å². The molecule has 0 fully saturated rings. The Morgan fingerprint density at radius 3 is 2.80 bits per heavy atom. The molecule has 0 spiro atoms. The highest BCUT2D eigenvalue weighted by Crippen LogP contribution is 2.15. The van der Waals surface area contributed by atoms with Crippen LogP contribution >= 0.6 is 0 Å². The van der Waals surface area contributed by atoms with Gasteiger partial charge in [0.15, 0.2) is 0 Å². The molecule has 2 aromatic rings. The maximum Gasteiger partial charge on any atom is 0.147 e. The highest BCUT2D eigenvalue weighted by Gasteiger charge is 2.06. The van der Waals surface area contributed by atoms with Crippen LogP contribution in [-0.2, 0) is 6.54 Å². The van der Waals surface area contributed by atoms with Crippen molar-refractivity contribution < 1.29 is 8.78 Å². The van der Waals surface area contributed by atoms with Gasteiger partial charge in [-0.3, -0.25) is 0 Å². The number of imidazole rings is 1. The second-order valence-corrected chi connectivity index (χ2v) is 3.07. The Morgan fingerprint density at radius 1 is 1.33 bits per heavy atom. The van der Waals surface area contributed by atoms with Crippen molar-refractivity contribution in [2.24, 2.45) is 5.73 Å². The number of nitrogens with two attached hydrogens (primary N) is 1. The minimum absolute atomic E-state index is 0.127. The number of halogens is 2. The second-order valence-electron chi connectivity index (χ2n) is 3.07. The molecule has 1 heterocycles. The maximum atomic E-state index is 13.3. The fraction of sp³-hybridized carbons (Fsp3) is 0.100. The van der Waals surface area contributed by atoms with Crippen LogP contribution in [0.1, 0.15) is 5.69 Å². The Labute approximate surface area is 85.2 Å². The summed E-state index contributed by atoms with van der Waals surface area (Å²) in [5.41, 5.74) is 6.12. The molecule has 0 saturated carbocycles. The lowest BCUT2D eigenvalue weighted by Gasteiger charge is -2.03. The molecule has 1 aromatic carbocycles. The summed E-state index contributed by atoms with van der Waals surface area (Å²) in [6.07, 6.45) is 2.97. The molecule has 0 unspecified atom stereocenters. The molecule has 0 radical (unpaired) electrons. The third kappa shape index (κ3) is 1.87. The topological polar surface area (TPSA) is 43.8 Å². The predicted molar refractivity (Wildman–Crippen MR) is 51.4 cm³/mol. The molecule has 2 rings (SSSR count). The number of rotatable bonds is 2. The summed E-state index contributed by atoms with van der Waals surface area (Å²) in [5.74, 6) is -0.994. The minimum atomic E-state index is -0.502. The van der Waals surface area contributed by atoms with E-state index in [1.807, 2.05) is 0 Å². The van der Waals surface area contributed by atoms with E-state index in [-0.39, 0.29) is 12.2 Å². The van der Waals surface area contributed by atoms with Gasteiger partial charge in [-0.15, -0.1) is 0 Å². The zero-order valence-electron chi connectivity index (χ0n) is 7.82. The number of benzene rings is 1. The van der Waals surface area contributed by atoms with Crippen molar-refractivity contribution in [1.29, 1.82) is 0 Å². The van der Waals surface area contributed by atoms with Crippen molar-refractivity contribution in [3.05, 3.63) is 48.1 Å². The second kappa shape index (κ2) is 3.78. The van der Waals surface area contributed by atoms with E-state index in [0.717, 1.165) is 18.2 Å². The summed E-state index contributed by atoms with van der Waals surface area (Å²) in [5, 5.41) is 0. The van der Waals surface area contributed by atoms with E-state index in [2.05, 4.69) is 4.98 Å². The molecule has 0 aliphatic heterocycles. The predicted octanol–water partition coefficient (Wildman–Crippen LogP) is 1.61. The fourth-order valence-electron chi connectivity index (χ4n) is 1.28. The van der Waals surface area contributed by atoms with Crippen molar-refractivity contribution in [2.45, 2.75) is 6.54 Å². The van der Waals surface area contributed by atoms with Gasteiger partial charge in [0.25, 0.3) is 0 Å². The summed E-state index contributed by atoms with van der Waals surface area (Å²) in [4.78, 5) is 3.93. The molecule has 0 bridgehead atoms. The van der Waals surface area contributed by atoms with Gasteiger partial charge >= 0.3 is 0 Å². The van der Waals surface area contributed by atoms with Crippen LogP contribution in [0.3, 0.4) is 0 Å². The van der Waals surface area contributed by atoms with Gasteiger partial charge in [-0.2, -0.15) is 0 Å². The highest BCUT2D eigenvalue weighted by molar-refractivity contribution is 5.34. The van der Waals surface area contributed by atoms with Gasteiger partial charge in [0.1, 0.15) is 11.6 Å². The van der Waals surface area contributed by atoms with Crippen molar-refractivity contribution in [3.8, 4) is 5.69 Å². The van der Waals surface area contributed by atoms with Crippen LogP contribution in [0.15, 0.2) is 30.7 Å². The molecule has 2 N–H and O–H groups in total. The van der Waals surface area contributed by atoms with Crippen molar-refractivity contribution in [2.75, 3.05) is 0 Å². The van der Waals surface area contributed by atoms with Gasteiger partial charge in [0.05, 0.1) is 17.7 Å². The lowest BCUT2D eigenvalue weighted by atomic mass is 10.3.